The maximum absolute atomic E-state index is 9.31. The van der Waals surface area contributed by atoms with Gasteiger partial charge >= 0.3 is 0 Å². The minimum absolute atomic E-state index is 0.0262. The van der Waals surface area contributed by atoms with E-state index in [9.17, 15) is 5.11 Å². The number of anilines is 1. The van der Waals surface area contributed by atoms with Crippen LogP contribution in [-0.4, -0.2) is 39.7 Å². The number of aliphatic hydroxyl groups excluding tert-OH is 1. The number of hydrogen-bond acceptors (Lipinski definition) is 5. The fourth-order valence-corrected chi connectivity index (χ4v) is 2.51. The lowest BCUT2D eigenvalue weighted by atomic mass is 10.1. The summed E-state index contributed by atoms with van der Waals surface area (Å²) in [6.07, 6.45) is 6.38. The third-order valence-electron chi connectivity index (χ3n) is 3.65. The molecule has 2 aromatic heterocycles. The van der Waals surface area contributed by atoms with Crippen molar-refractivity contribution in [3.05, 3.63) is 48.4 Å². The van der Waals surface area contributed by atoms with Gasteiger partial charge in [0.2, 0.25) is 0 Å². The number of aliphatic hydroxyl groups is 1. The molecule has 3 rings (SSSR count). The van der Waals surface area contributed by atoms with Crippen LogP contribution in [0.15, 0.2) is 42.9 Å². The second-order valence-corrected chi connectivity index (χ2v) is 5.24. The van der Waals surface area contributed by atoms with Crippen molar-refractivity contribution in [2.75, 3.05) is 25.6 Å². The number of rotatable bonds is 7. The zero-order valence-electron chi connectivity index (χ0n) is 13.1. The Bertz CT molecular complexity index is 785. The molecule has 0 aliphatic heterocycles. The van der Waals surface area contributed by atoms with Gasteiger partial charge in [0.1, 0.15) is 0 Å². The van der Waals surface area contributed by atoms with Crippen molar-refractivity contribution in [2.24, 2.45) is 0 Å². The van der Waals surface area contributed by atoms with Crippen molar-refractivity contribution in [2.45, 2.75) is 13.0 Å². The minimum Gasteiger partial charge on any atom is -0.392 e. The molecule has 23 heavy (non-hydrogen) atoms. The van der Waals surface area contributed by atoms with Gasteiger partial charge in [-0.25, -0.2) is 9.97 Å². The molecule has 1 aromatic carbocycles. The molecule has 0 spiro atoms. The predicted molar refractivity (Wildman–Crippen MR) is 89.3 cm³/mol. The van der Waals surface area contributed by atoms with Gasteiger partial charge in [0, 0.05) is 38.2 Å². The first-order chi connectivity index (χ1) is 11.3. The molecule has 6 heteroatoms. The largest absolute Gasteiger partial charge is 0.392 e. The van der Waals surface area contributed by atoms with Crippen LogP contribution >= 0.6 is 0 Å². The first-order valence-corrected chi connectivity index (χ1v) is 7.58. The highest BCUT2D eigenvalue weighted by Gasteiger charge is 2.10. The quantitative estimate of drug-likeness (QED) is 0.655. The summed E-state index contributed by atoms with van der Waals surface area (Å²) in [5.74, 6) is 0.758. The standard InChI is InChI=1S/C17H20N4O2/c1-23-9-3-6-18-16-17-20-11-15(21(17)8-7-19-16)14-5-2-4-13(10-14)12-22/h2,4-5,7-8,10-11,22H,3,6,9,12H2,1H3,(H,18,19). The summed E-state index contributed by atoms with van der Waals surface area (Å²) in [5.41, 5.74) is 3.65. The van der Waals surface area contributed by atoms with Gasteiger partial charge in [0.25, 0.3) is 0 Å². The molecular formula is C17H20N4O2. The summed E-state index contributed by atoms with van der Waals surface area (Å²) >= 11 is 0. The number of imidazole rings is 1. The van der Waals surface area contributed by atoms with Crippen LogP contribution < -0.4 is 5.32 Å². The fraction of sp³-hybridized carbons (Fsp3) is 0.294. The van der Waals surface area contributed by atoms with Crippen LogP contribution in [0.4, 0.5) is 5.82 Å². The van der Waals surface area contributed by atoms with Crippen LogP contribution in [0.3, 0.4) is 0 Å². The monoisotopic (exact) mass is 312 g/mol. The number of fused-ring (bicyclic) bond motifs is 1. The second kappa shape index (κ2) is 7.21. The number of hydrogen-bond donors (Lipinski definition) is 2. The molecule has 120 valence electrons. The van der Waals surface area contributed by atoms with Crippen LogP contribution in [0.2, 0.25) is 0 Å². The van der Waals surface area contributed by atoms with E-state index in [2.05, 4.69) is 15.3 Å². The van der Waals surface area contributed by atoms with E-state index in [0.717, 1.165) is 41.3 Å². The molecule has 0 bridgehead atoms. The molecule has 2 N–H and O–H groups in total. The minimum atomic E-state index is 0.0262. The van der Waals surface area contributed by atoms with Crippen molar-refractivity contribution in [3.63, 3.8) is 0 Å². The van der Waals surface area contributed by atoms with E-state index in [1.165, 1.54) is 0 Å². The Morgan fingerprint density at radius 1 is 1.30 bits per heavy atom. The zero-order chi connectivity index (χ0) is 16.1. The SMILES string of the molecule is COCCCNc1nccn2c(-c3cccc(CO)c3)cnc12. The molecule has 0 fully saturated rings. The molecule has 0 saturated carbocycles. The van der Waals surface area contributed by atoms with Crippen LogP contribution in [0.25, 0.3) is 16.9 Å². The van der Waals surface area contributed by atoms with Gasteiger partial charge < -0.3 is 15.2 Å². The third-order valence-corrected chi connectivity index (χ3v) is 3.65. The van der Waals surface area contributed by atoms with Gasteiger partial charge in [-0.05, 0) is 18.1 Å². The van der Waals surface area contributed by atoms with E-state index in [-0.39, 0.29) is 6.61 Å². The molecular weight excluding hydrogens is 292 g/mol. The molecule has 6 nitrogen and oxygen atoms in total. The van der Waals surface area contributed by atoms with Crippen molar-refractivity contribution in [3.8, 4) is 11.3 Å². The maximum Gasteiger partial charge on any atom is 0.180 e. The van der Waals surface area contributed by atoms with Crippen molar-refractivity contribution in [1.82, 2.24) is 14.4 Å². The van der Waals surface area contributed by atoms with Gasteiger partial charge in [-0.1, -0.05) is 18.2 Å². The highest BCUT2D eigenvalue weighted by molar-refractivity contribution is 5.70. The van der Waals surface area contributed by atoms with Crippen LogP contribution in [0, 0.1) is 0 Å². The van der Waals surface area contributed by atoms with Crippen LogP contribution in [-0.2, 0) is 11.3 Å². The topological polar surface area (TPSA) is 71.7 Å². The van der Waals surface area contributed by atoms with E-state index >= 15 is 0 Å². The molecule has 0 unspecified atom stereocenters. The van der Waals surface area contributed by atoms with Gasteiger partial charge in [-0.3, -0.25) is 4.40 Å². The van der Waals surface area contributed by atoms with Crippen LogP contribution in [0.1, 0.15) is 12.0 Å². The van der Waals surface area contributed by atoms with E-state index in [4.69, 9.17) is 4.74 Å². The van der Waals surface area contributed by atoms with Gasteiger partial charge in [0.05, 0.1) is 18.5 Å². The fourth-order valence-electron chi connectivity index (χ4n) is 2.51. The van der Waals surface area contributed by atoms with Gasteiger partial charge in [-0.15, -0.1) is 0 Å². The zero-order valence-corrected chi connectivity index (χ0v) is 13.1. The highest BCUT2D eigenvalue weighted by Crippen LogP contribution is 2.24. The number of ether oxygens (including phenoxy) is 1. The van der Waals surface area contributed by atoms with E-state index in [1.54, 1.807) is 13.3 Å². The summed E-state index contributed by atoms with van der Waals surface area (Å²) in [7, 11) is 1.69. The maximum atomic E-state index is 9.31. The van der Waals surface area contributed by atoms with Crippen LogP contribution in [0.5, 0.6) is 0 Å². The lowest BCUT2D eigenvalue weighted by molar-refractivity contribution is 0.198. The molecule has 0 saturated heterocycles. The average molecular weight is 312 g/mol. The second-order valence-electron chi connectivity index (χ2n) is 5.24. The van der Waals surface area contributed by atoms with E-state index in [1.807, 2.05) is 41.1 Å². The Kier molecular flexibility index (Phi) is 4.85. The summed E-state index contributed by atoms with van der Waals surface area (Å²) in [5, 5.41) is 12.6. The van der Waals surface area contributed by atoms with Gasteiger partial charge in [0.15, 0.2) is 11.5 Å². The number of benzene rings is 1. The Morgan fingerprint density at radius 3 is 3.04 bits per heavy atom. The molecule has 0 aliphatic rings. The highest BCUT2D eigenvalue weighted by atomic mass is 16.5. The van der Waals surface area contributed by atoms with Crippen molar-refractivity contribution >= 4 is 11.5 Å². The normalized spacial score (nSPS) is 11.0. The van der Waals surface area contributed by atoms with Crippen molar-refractivity contribution in [1.29, 1.82) is 0 Å². The molecule has 0 atom stereocenters. The average Bonchev–Trinajstić information content (AvgIpc) is 3.03. The first-order valence-electron chi connectivity index (χ1n) is 7.58. The van der Waals surface area contributed by atoms with Crippen molar-refractivity contribution < 1.29 is 9.84 Å². The Labute approximate surface area is 134 Å². The first kappa shape index (κ1) is 15.5. The predicted octanol–water partition coefficient (Wildman–Crippen LogP) is 2.34. The molecule has 0 radical (unpaired) electrons. The number of aromatic nitrogens is 3. The number of nitrogens with zero attached hydrogens (tertiary/aromatic N) is 3. The summed E-state index contributed by atoms with van der Waals surface area (Å²) in [6, 6.07) is 7.81. The summed E-state index contributed by atoms with van der Waals surface area (Å²) < 4.78 is 7.05. The lowest BCUT2D eigenvalue weighted by Crippen LogP contribution is -2.07. The Balaban J connectivity index is 1.91. The number of methoxy groups -OCH3 is 1. The summed E-state index contributed by atoms with van der Waals surface area (Å²) in [6.45, 7) is 1.52. The Hall–Kier alpha value is -2.44. The Morgan fingerprint density at radius 2 is 2.22 bits per heavy atom. The molecule has 0 aliphatic carbocycles. The molecule has 2 heterocycles. The number of nitrogens with one attached hydrogen (secondary N) is 1. The molecule has 0 amide bonds. The lowest BCUT2D eigenvalue weighted by Gasteiger charge is -2.08. The molecule has 3 aromatic rings. The van der Waals surface area contributed by atoms with E-state index < -0.39 is 0 Å². The third kappa shape index (κ3) is 3.33. The summed E-state index contributed by atoms with van der Waals surface area (Å²) in [4.78, 5) is 8.86. The smallest absolute Gasteiger partial charge is 0.180 e. The van der Waals surface area contributed by atoms with Gasteiger partial charge in [-0.2, -0.15) is 0 Å². The van der Waals surface area contributed by atoms with E-state index in [0.29, 0.717) is 6.61 Å².